The van der Waals surface area contributed by atoms with E-state index in [9.17, 15) is 5.26 Å². The van der Waals surface area contributed by atoms with Gasteiger partial charge in [-0.15, -0.1) is 0 Å². The Bertz CT molecular complexity index is 349. The fourth-order valence-corrected chi connectivity index (χ4v) is 3.37. The number of nitrogens with zero attached hydrogens (tertiary/aromatic N) is 2. The highest BCUT2D eigenvalue weighted by Crippen LogP contribution is 2.32. The van der Waals surface area contributed by atoms with Gasteiger partial charge in [0.2, 0.25) is 0 Å². The van der Waals surface area contributed by atoms with Crippen LogP contribution in [0.3, 0.4) is 0 Å². The third kappa shape index (κ3) is 1.85. The van der Waals surface area contributed by atoms with E-state index in [1.807, 2.05) is 5.38 Å². The molecule has 0 N–H and O–H groups in total. The van der Waals surface area contributed by atoms with Gasteiger partial charge in [0, 0.05) is 15.4 Å². The molecule has 0 bridgehead atoms. The number of hydrogen-bond acceptors (Lipinski definition) is 3. The monoisotopic (exact) mass is 270 g/mol. The highest BCUT2D eigenvalue weighted by molar-refractivity contribution is 9.10. The van der Waals surface area contributed by atoms with Gasteiger partial charge in [0.05, 0.1) is 6.07 Å². The molecule has 1 aliphatic heterocycles. The first-order chi connectivity index (χ1) is 6.83. The Balaban J connectivity index is 2.22. The van der Waals surface area contributed by atoms with Crippen LogP contribution in [0.5, 0.6) is 0 Å². The van der Waals surface area contributed by atoms with Gasteiger partial charge < -0.3 is 0 Å². The van der Waals surface area contributed by atoms with E-state index in [1.165, 1.54) is 12.8 Å². The van der Waals surface area contributed by atoms with Crippen molar-refractivity contribution in [2.24, 2.45) is 0 Å². The van der Waals surface area contributed by atoms with Crippen molar-refractivity contribution in [3.8, 4) is 6.07 Å². The van der Waals surface area contributed by atoms with Gasteiger partial charge in [-0.1, -0.05) is 0 Å². The molecule has 1 unspecified atom stereocenters. The standard InChI is InChI=1S/C10H11BrN2S/c11-9-7-14-6-8(9)10(5-12)13-3-1-2-4-13/h6-7,10H,1-4H2. The van der Waals surface area contributed by atoms with Crippen molar-refractivity contribution in [1.82, 2.24) is 4.90 Å². The summed E-state index contributed by atoms with van der Waals surface area (Å²) in [6, 6.07) is 2.33. The first kappa shape index (κ1) is 10.2. The molecular formula is C10H11BrN2S. The Morgan fingerprint density at radius 2 is 2.14 bits per heavy atom. The first-order valence-electron chi connectivity index (χ1n) is 4.68. The molecule has 2 rings (SSSR count). The number of hydrogen-bond donors (Lipinski definition) is 0. The Kier molecular flexibility index (Phi) is 3.22. The molecular weight excluding hydrogens is 260 g/mol. The van der Waals surface area contributed by atoms with Crippen molar-refractivity contribution in [3.63, 3.8) is 0 Å². The molecule has 2 heterocycles. The van der Waals surface area contributed by atoms with Crippen LogP contribution in [0, 0.1) is 11.3 Å². The number of rotatable bonds is 2. The zero-order chi connectivity index (χ0) is 9.97. The highest BCUT2D eigenvalue weighted by Gasteiger charge is 2.24. The van der Waals surface area contributed by atoms with E-state index < -0.39 is 0 Å². The molecule has 2 nitrogen and oxygen atoms in total. The van der Waals surface area contributed by atoms with Gasteiger partial charge in [-0.25, -0.2) is 0 Å². The van der Waals surface area contributed by atoms with E-state index in [1.54, 1.807) is 11.3 Å². The summed E-state index contributed by atoms with van der Waals surface area (Å²) < 4.78 is 1.07. The van der Waals surface area contributed by atoms with Crippen molar-refractivity contribution in [2.45, 2.75) is 18.9 Å². The molecule has 14 heavy (non-hydrogen) atoms. The van der Waals surface area contributed by atoms with Crippen LogP contribution in [0.4, 0.5) is 0 Å². The van der Waals surface area contributed by atoms with E-state index in [-0.39, 0.29) is 6.04 Å². The fraction of sp³-hybridized carbons (Fsp3) is 0.500. The molecule has 0 amide bonds. The second-order valence-corrected chi connectivity index (χ2v) is 5.05. The zero-order valence-corrected chi connectivity index (χ0v) is 10.1. The molecule has 1 aromatic heterocycles. The highest BCUT2D eigenvalue weighted by atomic mass is 79.9. The number of nitriles is 1. The second kappa shape index (κ2) is 4.43. The van der Waals surface area contributed by atoms with Crippen molar-refractivity contribution in [2.75, 3.05) is 13.1 Å². The molecule has 1 atom stereocenters. The summed E-state index contributed by atoms with van der Waals surface area (Å²) in [5.74, 6) is 0. The molecule has 0 aromatic carbocycles. The summed E-state index contributed by atoms with van der Waals surface area (Å²) in [4.78, 5) is 2.26. The minimum atomic E-state index is -0.0573. The molecule has 0 spiro atoms. The number of likely N-dealkylation sites (tertiary alicyclic amines) is 1. The topological polar surface area (TPSA) is 27.0 Å². The molecule has 0 aliphatic carbocycles. The van der Waals surface area contributed by atoms with Gasteiger partial charge >= 0.3 is 0 Å². The van der Waals surface area contributed by atoms with E-state index >= 15 is 0 Å². The largest absolute Gasteiger partial charge is 0.284 e. The minimum absolute atomic E-state index is 0.0573. The second-order valence-electron chi connectivity index (χ2n) is 3.45. The first-order valence-corrected chi connectivity index (χ1v) is 6.42. The molecule has 74 valence electrons. The summed E-state index contributed by atoms with van der Waals surface area (Å²) in [5.41, 5.74) is 1.12. The molecule has 0 saturated carbocycles. The molecule has 0 radical (unpaired) electrons. The van der Waals surface area contributed by atoms with Crippen molar-refractivity contribution in [3.05, 3.63) is 20.8 Å². The van der Waals surface area contributed by atoms with Crippen molar-refractivity contribution < 1.29 is 0 Å². The number of halogens is 1. The molecule has 1 fully saturated rings. The van der Waals surface area contributed by atoms with Crippen LogP contribution in [0.25, 0.3) is 0 Å². The predicted octanol–water partition coefficient (Wildman–Crippen LogP) is 3.17. The van der Waals surface area contributed by atoms with Gasteiger partial charge in [-0.05, 0) is 47.2 Å². The van der Waals surface area contributed by atoms with E-state index in [2.05, 4.69) is 32.3 Å². The van der Waals surface area contributed by atoms with Gasteiger partial charge in [-0.3, -0.25) is 4.90 Å². The predicted molar refractivity (Wildman–Crippen MR) is 61.2 cm³/mol. The Labute approximate surface area is 96.3 Å². The third-order valence-corrected chi connectivity index (χ3v) is 4.32. The lowest BCUT2D eigenvalue weighted by Gasteiger charge is -2.20. The quantitative estimate of drug-likeness (QED) is 0.826. The SMILES string of the molecule is N#CC(c1cscc1Br)N1CCCC1. The lowest BCUT2D eigenvalue weighted by Crippen LogP contribution is -2.24. The Morgan fingerprint density at radius 3 is 2.64 bits per heavy atom. The lowest BCUT2D eigenvalue weighted by atomic mass is 10.1. The van der Waals surface area contributed by atoms with Gasteiger partial charge in [-0.2, -0.15) is 16.6 Å². The van der Waals surface area contributed by atoms with Crippen LogP contribution in [-0.2, 0) is 0 Å². The van der Waals surface area contributed by atoms with Crippen molar-refractivity contribution in [1.29, 1.82) is 5.26 Å². The van der Waals surface area contributed by atoms with E-state index in [4.69, 9.17) is 0 Å². The maximum absolute atomic E-state index is 9.17. The van der Waals surface area contributed by atoms with Crippen LogP contribution >= 0.6 is 27.3 Å². The number of thiophene rings is 1. The van der Waals surface area contributed by atoms with Crippen LogP contribution in [0.15, 0.2) is 15.2 Å². The smallest absolute Gasteiger partial charge is 0.125 e. The molecule has 1 aliphatic rings. The minimum Gasteiger partial charge on any atom is -0.284 e. The zero-order valence-electron chi connectivity index (χ0n) is 7.74. The summed E-state index contributed by atoms with van der Waals surface area (Å²) in [5, 5.41) is 13.3. The van der Waals surface area contributed by atoms with E-state index in [0.717, 1.165) is 23.1 Å². The Hall–Kier alpha value is -0.370. The molecule has 1 aromatic rings. The summed E-state index contributed by atoms with van der Waals surface area (Å²) in [6.07, 6.45) is 2.44. The lowest BCUT2D eigenvalue weighted by molar-refractivity contribution is 0.294. The van der Waals surface area contributed by atoms with Crippen LogP contribution in [0.1, 0.15) is 24.4 Å². The maximum Gasteiger partial charge on any atom is 0.125 e. The normalized spacial score (nSPS) is 19.4. The average Bonchev–Trinajstić information content (AvgIpc) is 2.80. The van der Waals surface area contributed by atoms with Crippen LogP contribution < -0.4 is 0 Å². The van der Waals surface area contributed by atoms with Crippen LogP contribution in [0.2, 0.25) is 0 Å². The van der Waals surface area contributed by atoms with Crippen LogP contribution in [-0.4, -0.2) is 18.0 Å². The fourth-order valence-electron chi connectivity index (χ4n) is 1.83. The summed E-state index contributed by atoms with van der Waals surface area (Å²) >= 11 is 5.13. The Morgan fingerprint density at radius 1 is 1.43 bits per heavy atom. The molecule has 1 saturated heterocycles. The maximum atomic E-state index is 9.17. The van der Waals surface area contributed by atoms with E-state index in [0.29, 0.717) is 0 Å². The third-order valence-electron chi connectivity index (χ3n) is 2.56. The van der Waals surface area contributed by atoms with Gasteiger partial charge in [0.15, 0.2) is 0 Å². The van der Waals surface area contributed by atoms with Crippen molar-refractivity contribution >= 4 is 27.3 Å². The van der Waals surface area contributed by atoms with Gasteiger partial charge in [0.25, 0.3) is 0 Å². The summed E-state index contributed by atoms with van der Waals surface area (Å²) in [7, 11) is 0. The van der Waals surface area contributed by atoms with Gasteiger partial charge in [0.1, 0.15) is 6.04 Å². The summed E-state index contributed by atoms with van der Waals surface area (Å²) in [6.45, 7) is 2.11. The molecule has 4 heteroatoms. The average molecular weight is 271 g/mol.